The summed E-state index contributed by atoms with van der Waals surface area (Å²) in [7, 11) is 1.96. The van der Waals surface area contributed by atoms with Gasteiger partial charge < -0.3 is 15.2 Å². The van der Waals surface area contributed by atoms with Crippen LogP contribution in [0.4, 0.5) is 5.69 Å². The zero-order valence-electron chi connectivity index (χ0n) is 10.4. The zero-order chi connectivity index (χ0) is 12.8. The Bertz CT molecular complexity index is 505. The summed E-state index contributed by atoms with van der Waals surface area (Å²) in [6.45, 7) is 0.841. The fourth-order valence-electron chi connectivity index (χ4n) is 1.67. The van der Waals surface area contributed by atoms with Gasteiger partial charge in [-0.15, -0.1) is 0 Å². The quantitative estimate of drug-likeness (QED) is 0.840. The second kappa shape index (κ2) is 5.91. The minimum Gasteiger partial charge on any atom is -0.376 e. The highest BCUT2D eigenvalue weighted by atomic mass is 16.1. The number of hydrogen-bond donors (Lipinski definition) is 2. The first-order valence-corrected chi connectivity index (χ1v) is 5.91. The number of benzene rings is 1. The molecule has 0 atom stereocenters. The van der Waals surface area contributed by atoms with Crippen LogP contribution >= 0.6 is 0 Å². The summed E-state index contributed by atoms with van der Waals surface area (Å²) >= 11 is 0. The van der Waals surface area contributed by atoms with E-state index in [1.54, 1.807) is 0 Å². The summed E-state index contributed by atoms with van der Waals surface area (Å²) in [5.74, 6) is -0.0138. The molecule has 0 spiro atoms. The molecule has 0 saturated carbocycles. The molecule has 1 aromatic heterocycles. The second-order valence-corrected chi connectivity index (χ2v) is 4.11. The molecule has 94 valence electrons. The van der Waals surface area contributed by atoms with Gasteiger partial charge in [-0.05, 0) is 24.3 Å². The van der Waals surface area contributed by atoms with Crippen LogP contribution in [0.1, 0.15) is 5.69 Å². The average Bonchev–Trinajstić information content (AvgIpc) is 2.81. The van der Waals surface area contributed by atoms with Gasteiger partial charge in [-0.2, -0.15) is 0 Å². The monoisotopic (exact) mass is 243 g/mol. The van der Waals surface area contributed by atoms with Gasteiger partial charge in [0.05, 0.1) is 13.1 Å². The van der Waals surface area contributed by atoms with Gasteiger partial charge in [0, 0.05) is 24.6 Å². The lowest BCUT2D eigenvalue weighted by atomic mass is 10.3. The summed E-state index contributed by atoms with van der Waals surface area (Å²) in [4.78, 5) is 11.6. The average molecular weight is 243 g/mol. The van der Waals surface area contributed by atoms with Crippen LogP contribution in [0.5, 0.6) is 0 Å². The van der Waals surface area contributed by atoms with Crippen molar-refractivity contribution >= 4 is 11.6 Å². The van der Waals surface area contributed by atoms with Gasteiger partial charge >= 0.3 is 0 Å². The molecule has 0 aliphatic carbocycles. The molecule has 4 nitrogen and oxygen atoms in total. The van der Waals surface area contributed by atoms with Crippen LogP contribution in [0.15, 0.2) is 48.7 Å². The standard InChI is InChI=1S/C14H17N3O/c1-17-9-5-8-13(17)10-16-14(18)11-15-12-6-3-2-4-7-12/h2-9,15H,10-11H2,1H3,(H,16,18). The number of nitrogens with zero attached hydrogens (tertiary/aromatic N) is 1. The summed E-state index contributed by atoms with van der Waals surface area (Å²) < 4.78 is 1.99. The predicted octanol–water partition coefficient (Wildman–Crippen LogP) is 1.75. The van der Waals surface area contributed by atoms with Gasteiger partial charge in [0.2, 0.25) is 5.91 Å². The van der Waals surface area contributed by atoms with E-state index in [1.165, 1.54) is 0 Å². The molecular formula is C14H17N3O. The molecule has 0 aliphatic rings. The van der Waals surface area contributed by atoms with Crippen LogP contribution in [0.2, 0.25) is 0 Å². The topological polar surface area (TPSA) is 46.1 Å². The lowest BCUT2D eigenvalue weighted by Gasteiger charge is -2.08. The van der Waals surface area contributed by atoms with Crippen molar-refractivity contribution in [1.29, 1.82) is 0 Å². The molecule has 0 fully saturated rings. The molecule has 1 heterocycles. The van der Waals surface area contributed by atoms with Crippen molar-refractivity contribution in [3.05, 3.63) is 54.4 Å². The maximum absolute atomic E-state index is 11.6. The van der Waals surface area contributed by atoms with Crippen molar-refractivity contribution < 1.29 is 4.79 Å². The molecule has 2 N–H and O–H groups in total. The number of para-hydroxylation sites is 1. The molecule has 0 saturated heterocycles. The van der Waals surface area contributed by atoms with Crippen molar-refractivity contribution in [3.63, 3.8) is 0 Å². The maximum atomic E-state index is 11.6. The molecule has 2 aromatic rings. The fraction of sp³-hybridized carbons (Fsp3) is 0.214. The molecule has 0 radical (unpaired) electrons. The summed E-state index contributed by atoms with van der Waals surface area (Å²) in [6.07, 6.45) is 1.96. The number of amides is 1. The number of nitrogens with one attached hydrogen (secondary N) is 2. The molecule has 2 rings (SSSR count). The fourth-order valence-corrected chi connectivity index (χ4v) is 1.67. The van der Waals surface area contributed by atoms with E-state index in [9.17, 15) is 4.79 Å². The number of aromatic nitrogens is 1. The minimum atomic E-state index is -0.0138. The van der Waals surface area contributed by atoms with Crippen LogP contribution in [-0.4, -0.2) is 17.0 Å². The summed E-state index contributed by atoms with van der Waals surface area (Å²) in [6, 6.07) is 13.6. The van der Waals surface area contributed by atoms with Crippen LogP contribution in [0.3, 0.4) is 0 Å². The van der Waals surface area contributed by atoms with Crippen LogP contribution in [0, 0.1) is 0 Å². The van der Waals surface area contributed by atoms with Crippen LogP contribution in [0.25, 0.3) is 0 Å². The Kier molecular flexibility index (Phi) is 4.02. The van der Waals surface area contributed by atoms with E-state index in [2.05, 4.69) is 10.6 Å². The summed E-state index contributed by atoms with van der Waals surface area (Å²) in [5, 5.41) is 5.94. The van der Waals surface area contributed by atoms with Crippen molar-refractivity contribution in [2.75, 3.05) is 11.9 Å². The van der Waals surface area contributed by atoms with Gasteiger partial charge in [-0.3, -0.25) is 4.79 Å². The van der Waals surface area contributed by atoms with Crippen molar-refractivity contribution in [3.8, 4) is 0 Å². The maximum Gasteiger partial charge on any atom is 0.239 e. The molecule has 18 heavy (non-hydrogen) atoms. The highest BCUT2D eigenvalue weighted by Gasteiger charge is 2.02. The normalized spacial score (nSPS) is 10.1. The molecule has 4 heteroatoms. The largest absolute Gasteiger partial charge is 0.376 e. The van der Waals surface area contributed by atoms with E-state index in [0.717, 1.165) is 11.4 Å². The first-order valence-electron chi connectivity index (χ1n) is 5.91. The second-order valence-electron chi connectivity index (χ2n) is 4.11. The minimum absolute atomic E-state index is 0.0138. The third-order valence-electron chi connectivity index (χ3n) is 2.74. The molecule has 1 aromatic carbocycles. The van der Waals surface area contributed by atoms with Crippen molar-refractivity contribution in [2.45, 2.75) is 6.54 Å². The number of hydrogen-bond acceptors (Lipinski definition) is 2. The zero-order valence-corrected chi connectivity index (χ0v) is 10.4. The first kappa shape index (κ1) is 12.2. The lowest BCUT2D eigenvalue weighted by Crippen LogP contribution is -2.29. The molecule has 1 amide bonds. The Morgan fingerprint density at radius 3 is 2.61 bits per heavy atom. The van der Waals surface area contributed by atoms with Gasteiger partial charge in [-0.1, -0.05) is 18.2 Å². The Morgan fingerprint density at radius 2 is 1.94 bits per heavy atom. The van der Waals surface area contributed by atoms with Crippen molar-refractivity contribution in [2.24, 2.45) is 7.05 Å². The predicted molar refractivity (Wildman–Crippen MR) is 72.2 cm³/mol. The lowest BCUT2D eigenvalue weighted by molar-refractivity contribution is -0.119. The third kappa shape index (κ3) is 3.38. The van der Waals surface area contributed by atoms with Gasteiger partial charge in [0.1, 0.15) is 0 Å². The number of aryl methyl sites for hydroxylation is 1. The van der Waals surface area contributed by atoms with E-state index in [-0.39, 0.29) is 12.5 Å². The Morgan fingerprint density at radius 1 is 1.17 bits per heavy atom. The first-order chi connectivity index (χ1) is 8.75. The molecule has 0 aliphatic heterocycles. The highest BCUT2D eigenvalue weighted by molar-refractivity contribution is 5.80. The van der Waals surface area contributed by atoms with Crippen LogP contribution in [-0.2, 0) is 18.4 Å². The van der Waals surface area contributed by atoms with E-state index < -0.39 is 0 Å². The summed E-state index contributed by atoms with van der Waals surface area (Å²) in [5.41, 5.74) is 2.04. The smallest absolute Gasteiger partial charge is 0.239 e. The number of rotatable bonds is 5. The highest BCUT2D eigenvalue weighted by Crippen LogP contribution is 2.03. The van der Waals surface area contributed by atoms with Crippen molar-refractivity contribution in [1.82, 2.24) is 9.88 Å². The van der Waals surface area contributed by atoms with Gasteiger partial charge in [0.15, 0.2) is 0 Å². The number of anilines is 1. The number of carbonyl (C=O) groups is 1. The van der Waals surface area contributed by atoms with E-state index in [0.29, 0.717) is 6.54 Å². The number of carbonyl (C=O) groups excluding carboxylic acids is 1. The van der Waals surface area contributed by atoms with E-state index >= 15 is 0 Å². The molecule has 0 unspecified atom stereocenters. The van der Waals surface area contributed by atoms with Crippen LogP contribution < -0.4 is 10.6 Å². The van der Waals surface area contributed by atoms with E-state index in [1.807, 2.05) is 60.3 Å². The van der Waals surface area contributed by atoms with Gasteiger partial charge in [-0.25, -0.2) is 0 Å². The molecular weight excluding hydrogens is 226 g/mol. The SMILES string of the molecule is Cn1cccc1CNC(=O)CNc1ccccc1. The Labute approximate surface area is 107 Å². The van der Waals surface area contributed by atoms with Gasteiger partial charge in [0.25, 0.3) is 0 Å². The molecule has 0 bridgehead atoms. The third-order valence-corrected chi connectivity index (χ3v) is 2.74. The Hall–Kier alpha value is -2.23. The Balaban J connectivity index is 1.75. The van der Waals surface area contributed by atoms with E-state index in [4.69, 9.17) is 0 Å².